The topological polar surface area (TPSA) is 29.3 Å². The molecule has 1 aliphatic rings. The Morgan fingerprint density at radius 2 is 2.12 bits per heavy atom. The van der Waals surface area contributed by atoms with E-state index in [2.05, 4.69) is 4.90 Å². The second kappa shape index (κ2) is 5.30. The number of nitrogens with two attached hydrogens (primary N) is 1. The average Bonchev–Trinajstić information content (AvgIpc) is 2.67. The SMILES string of the molecule is NCCCCCN1CCc2ccc(F)cc21. The molecule has 0 aromatic heterocycles. The highest BCUT2D eigenvalue weighted by Gasteiger charge is 2.18. The third-order valence-electron chi connectivity index (χ3n) is 3.17. The van der Waals surface area contributed by atoms with E-state index in [4.69, 9.17) is 5.73 Å². The Morgan fingerprint density at radius 1 is 1.25 bits per heavy atom. The Kier molecular flexibility index (Phi) is 3.78. The van der Waals surface area contributed by atoms with Gasteiger partial charge >= 0.3 is 0 Å². The van der Waals surface area contributed by atoms with E-state index in [1.807, 2.05) is 6.07 Å². The van der Waals surface area contributed by atoms with Crippen LogP contribution in [0.4, 0.5) is 10.1 Å². The third-order valence-corrected chi connectivity index (χ3v) is 3.17. The molecule has 1 heterocycles. The number of hydrogen-bond donors (Lipinski definition) is 1. The highest BCUT2D eigenvalue weighted by atomic mass is 19.1. The van der Waals surface area contributed by atoms with Gasteiger partial charge in [-0.3, -0.25) is 0 Å². The molecule has 0 saturated carbocycles. The summed E-state index contributed by atoms with van der Waals surface area (Å²) < 4.78 is 13.1. The Labute approximate surface area is 96.2 Å². The standard InChI is InChI=1S/C13H19FN2/c14-12-5-4-11-6-9-16(13(11)10-12)8-3-1-2-7-15/h4-5,10H,1-3,6-9,15H2. The summed E-state index contributed by atoms with van der Waals surface area (Å²) in [4.78, 5) is 2.29. The molecule has 2 N–H and O–H groups in total. The average molecular weight is 222 g/mol. The summed E-state index contributed by atoms with van der Waals surface area (Å²) in [5.41, 5.74) is 7.82. The number of rotatable bonds is 5. The largest absolute Gasteiger partial charge is 0.371 e. The third kappa shape index (κ3) is 2.53. The van der Waals surface area contributed by atoms with E-state index >= 15 is 0 Å². The number of unbranched alkanes of at least 4 members (excludes halogenated alkanes) is 2. The van der Waals surface area contributed by atoms with Crippen LogP contribution in [0.25, 0.3) is 0 Å². The summed E-state index contributed by atoms with van der Waals surface area (Å²) >= 11 is 0. The quantitative estimate of drug-likeness (QED) is 0.775. The number of benzene rings is 1. The minimum atomic E-state index is -0.132. The zero-order valence-electron chi connectivity index (χ0n) is 9.58. The summed E-state index contributed by atoms with van der Waals surface area (Å²) in [5.74, 6) is -0.132. The lowest BCUT2D eigenvalue weighted by molar-refractivity contribution is 0.626. The first-order valence-corrected chi connectivity index (χ1v) is 6.04. The van der Waals surface area contributed by atoms with Gasteiger partial charge in [-0.2, -0.15) is 0 Å². The summed E-state index contributed by atoms with van der Waals surface area (Å²) in [6.07, 6.45) is 4.45. The summed E-state index contributed by atoms with van der Waals surface area (Å²) in [6.45, 7) is 2.82. The maximum Gasteiger partial charge on any atom is 0.125 e. The monoisotopic (exact) mass is 222 g/mol. The lowest BCUT2D eigenvalue weighted by Gasteiger charge is -2.19. The van der Waals surface area contributed by atoms with E-state index in [0.29, 0.717) is 0 Å². The van der Waals surface area contributed by atoms with Gasteiger partial charge in [-0.25, -0.2) is 4.39 Å². The fourth-order valence-electron chi connectivity index (χ4n) is 2.27. The second-order valence-electron chi connectivity index (χ2n) is 4.36. The van der Waals surface area contributed by atoms with Crippen molar-refractivity contribution in [1.82, 2.24) is 0 Å². The number of halogens is 1. The van der Waals surface area contributed by atoms with Gasteiger partial charge in [0, 0.05) is 18.8 Å². The van der Waals surface area contributed by atoms with Crippen molar-refractivity contribution in [2.24, 2.45) is 5.73 Å². The van der Waals surface area contributed by atoms with Crippen LogP contribution in [0.3, 0.4) is 0 Å². The summed E-state index contributed by atoms with van der Waals surface area (Å²) in [5, 5.41) is 0. The Bertz CT molecular complexity index is 352. The molecule has 0 amide bonds. The van der Waals surface area contributed by atoms with Crippen molar-refractivity contribution in [1.29, 1.82) is 0 Å². The van der Waals surface area contributed by atoms with Gasteiger partial charge in [-0.15, -0.1) is 0 Å². The van der Waals surface area contributed by atoms with E-state index in [-0.39, 0.29) is 5.82 Å². The first-order chi connectivity index (χ1) is 7.81. The lowest BCUT2D eigenvalue weighted by Crippen LogP contribution is -2.21. The van der Waals surface area contributed by atoms with Crippen LogP contribution >= 0.6 is 0 Å². The van der Waals surface area contributed by atoms with Crippen LogP contribution in [0, 0.1) is 5.82 Å². The van der Waals surface area contributed by atoms with E-state index in [0.717, 1.165) is 51.0 Å². The Balaban J connectivity index is 1.92. The normalized spacial score (nSPS) is 14.2. The van der Waals surface area contributed by atoms with Gasteiger partial charge in [0.05, 0.1) is 0 Å². The van der Waals surface area contributed by atoms with E-state index in [9.17, 15) is 4.39 Å². The molecule has 0 spiro atoms. The van der Waals surface area contributed by atoms with Gasteiger partial charge in [0.25, 0.3) is 0 Å². The van der Waals surface area contributed by atoms with Gasteiger partial charge in [-0.1, -0.05) is 12.5 Å². The van der Waals surface area contributed by atoms with Crippen LogP contribution in [0.15, 0.2) is 18.2 Å². The molecule has 0 saturated heterocycles. The molecule has 1 aromatic rings. The molecule has 3 heteroatoms. The smallest absolute Gasteiger partial charge is 0.125 e. The molecule has 0 bridgehead atoms. The van der Waals surface area contributed by atoms with E-state index in [1.165, 1.54) is 5.56 Å². The number of hydrogen-bond acceptors (Lipinski definition) is 2. The Hall–Kier alpha value is -1.09. The number of anilines is 1. The van der Waals surface area contributed by atoms with Crippen LogP contribution in [-0.4, -0.2) is 19.6 Å². The van der Waals surface area contributed by atoms with Crippen molar-refractivity contribution in [3.8, 4) is 0 Å². The van der Waals surface area contributed by atoms with Crippen LogP contribution in [-0.2, 0) is 6.42 Å². The Morgan fingerprint density at radius 3 is 2.94 bits per heavy atom. The molecule has 0 radical (unpaired) electrons. The van der Waals surface area contributed by atoms with Gasteiger partial charge in [0.1, 0.15) is 5.82 Å². The van der Waals surface area contributed by atoms with Gasteiger partial charge in [-0.05, 0) is 43.5 Å². The van der Waals surface area contributed by atoms with Crippen molar-refractivity contribution >= 4 is 5.69 Å². The fraction of sp³-hybridized carbons (Fsp3) is 0.538. The van der Waals surface area contributed by atoms with Gasteiger partial charge in [0.15, 0.2) is 0 Å². The van der Waals surface area contributed by atoms with Crippen molar-refractivity contribution in [2.75, 3.05) is 24.5 Å². The predicted molar refractivity (Wildman–Crippen MR) is 65.2 cm³/mol. The van der Waals surface area contributed by atoms with Crippen LogP contribution in [0.5, 0.6) is 0 Å². The minimum absolute atomic E-state index is 0.132. The maximum absolute atomic E-state index is 13.1. The zero-order chi connectivity index (χ0) is 11.4. The van der Waals surface area contributed by atoms with Crippen molar-refractivity contribution in [2.45, 2.75) is 25.7 Å². The summed E-state index contributed by atoms with van der Waals surface area (Å²) in [6, 6.07) is 5.12. The van der Waals surface area contributed by atoms with Crippen molar-refractivity contribution < 1.29 is 4.39 Å². The van der Waals surface area contributed by atoms with Crippen molar-refractivity contribution in [3.05, 3.63) is 29.6 Å². The van der Waals surface area contributed by atoms with E-state index < -0.39 is 0 Å². The predicted octanol–water partition coefficient (Wildman–Crippen LogP) is 2.32. The second-order valence-corrected chi connectivity index (χ2v) is 4.36. The molecule has 2 rings (SSSR count). The molecule has 88 valence electrons. The minimum Gasteiger partial charge on any atom is -0.371 e. The number of nitrogens with zero attached hydrogens (tertiary/aromatic N) is 1. The maximum atomic E-state index is 13.1. The molecule has 1 aliphatic heterocycles. The molecule has 16 heavy (non-hydrogen) atoms. The van der Waals surface area contributed by atoms with Gasteiger partial charge < -0.3 is 10.6 Å². The molecule has 0 atom stereocenters. The van der Waals surface area contributed by atoms with E-state index in [1.54, 1.807) is 12.1 Å². The molecule has 0 fully saturated rings. The molecule has 2 nitrogen and oxygen atoms in total. The molecule has 1 aromatic carbocycles. The highest BCUT2D eigenvalue weighted by molar-refractivity contribution is 5.57. The first kappa shape index (κ1) is 11.4. The zero-order valence-corrected chi connectivity index (χ0v) is 9.58. The van der Waals surface area contributed by atoms with Gasteiger partial charge in [0.2, 0.25) is 0 Å². The van der Waals surface area contributed by atoms with Crippen LogP contribution in [0.2, 0.25) is 0 Å². The molecular formula is C13H19FN2. The first-order valence-electron chi connectivity index (χ1n) is 6.04. The molecule has 0 unspecified atom stereocenters. The summed E-state index contributed by atoms with van der Waals surface area (Å²) in [7, 11) is 0. The molecular weight excluding hydrogens is 203 g/mol. The van der Waals surface area contributed by atoms with Crippen LogP contribution in [0.1, 0.15) is 24.8 Å². The fourth-order valence-corrected chi connectivity index (χ4v) is 2.27. The number of fused-ring (bicyclic) bond motifs is 1. The van der Waals surface area contributed by atoms with Crippen molar-refractivity contribution in [3.63, 3.8) is 0 Å². The van der Waals surface area contributed by atoms with Crippen LogP contribution < -0.4 is 10.6 Å². The highest BCUT2D eigenvalue weighted by Crippen LogP contribution is 2.28. The molecule has 0 aliphatic carbocycles. The lowest BCUT2D eigenvalue weighted by atomic mass is 10.1.